The Morgan fingerprint density at radius 2 is 1.85 bits per heavy atom. The van der Waals surface area contributed by atoms with Crippen LogP contribution in [0.15, 0.2) is 44.4 Å². The fourth-order valence-electron chi connectivity index (χ4n) is 4.84. The number of carbonyl (C=O) groups is 1. The summed E-state index contributed by atoms with van der Waals surface area (Å²) in [5, 5.41) is 8.41. The van der Waals surface area contributed by atoms with Gasteiger partial charge in [0.1, 0.15) is 0 Å². The minimum atomic E-state index is -0.875. The van der Waals surface area contributed by atoms with Crippen molar-refractivity contribution in [3.63, 3.8) is 0 Å². The van der Waals surface area contributed by atoms with Gasteiger partial charge in [0.15, 0.2) is 5.84 Å². The van der Waals surface area contributed by atoms with Crippen molar-refractivity contribution < 1.29 is 9.53 Å². The number of nitrogen functional groups attached to an aromatic ring is 1. The number of azo groups is 1. The van der Waals surface area contributed by atoms with E-state index < -0.39 is 11.8 Å². The molecule has 1 aromatic rings. The summed E-state index contributed by atoms with van der Waals surface area (Å²) in [4.78, 5) is 35.2. The summed E-state index contributed by atoms with van der Waals surface area (Å²) in [6, 6.07) is -0.508. The second-order valence-corrected chi connectivity index (χ2v) is 8.66. The second kappa shape index (κ2) is 8.69. The molecule has 5 heterocycles. The number of nitrogens with two attached hydrogens (primary N) is 2. The zero-order chi connectivity index (χ0) is 23.0. The molecule has 5 rings (SSSR count). The van der Waals surface area contributed by atoms with Gasteiger partial charge in [-0.05, 0) is 19.8 Å². The highest BCUT2D eigenvalue weighted by molar-refractivity contribution is 6.31. The van der Waals surface area contributed by atoms with Crippen molar-refractivity contribution >= 4 is 23.4 Å². The summed E-state index contributed by atoms with van der Waals surface area (Å²) in [6.45, 7) is 5.55. The van der Waals surface area contributed by atoms with Gasteiger partial charge >= 0.3 is 0 Å². The number of aromatic nitrogens is 2. The zero-order valence-electron chi connectivity index (χ0n) is 18.6. The normalized spacial score (nSPS) is 27.0. The van der Waals surface area contributed by atoms with Gasteiger partial charge in [-0.1, -0.05) is 0 Å². The summed E-state index contributed by atoms with van der Waals surface area (Å²) in [7, 11) is 0. The molecule has 0 saturated carbocycles. The van der Waals surface area contributed by atoms with E-state index in [1.165, 1.54) is 0 Å². The molecule has 2 saturated heterocycles. The van der Waals surface area contributed by atoms with Gasteiger partial charge in [0.05, 0.1) is 36.7 Å². The second-order valence-electron chi connectivity index (χ2n) is 8.66. The largest absolute Gasteiger partial charge is 0.379 e. The fraction of sp³-hybridized carbons (Fsp3) is 0.571. The molecule has 0 aromatic carbocycles. The van der Waals surface area contributed by atoms with Crippen LogP contribution in [0.5, 0.6) is 0 Å². The molecule has 4 N–H and O–H groups in total. The van der Waals surface area contributed by atoms with Crippen molar-refractivity contribution in [2.45, 2.75) is 31.6 Å². The van der Waals surface area contributed by atoms with Crippen molar-refractivity contribution in [1.29, 1.82) is 0 Å². The molecule has 2 atom stereocenters. The van der Waals surface area contributed by atoms with Crippen LogP contribution in [0.2, 0.25) is 0 Å². The predicted octanol–water partition coefficient (Wildman–Crippen LogP) is 0.182. The maximum atomic E-state index is 12.4. The number of hydrogen-bond acceptors (Lipinski definition) is 11. The lowest BCUT2D eigenvalue weighted by molar-refractivity contribution is -0.134. The SMILES string of the molecule is C[C@@H](N)C(=O)N1CCC(C2(N3CCOCC3)N=C3N=NC=C3C(c3cnc(N)nc3)=N2)CC1. The third-order valence-corrected chi connectivity index (χ3v) is 6.55. The third kappa shape index (κ3) is 3.94. The molecule has 12 nitrogen and oxygen atoms in total. The van der Waals surface area contributed by atoms with Crippen LogP contribution in [0.1, 0.15) is 25.3 Å². The van der Waals surface area contributed by atoms with E-state index in [4.69, 9.17) is 26.2 Å². The van der Waals surface area contributed by atoms with Gasteiger partial charge in [0.2, 0.25) is 17.6 Å². The fourth-order valence-corrected chi connectivity index (χ4v) is 4.84. The van der Waals surface area contributed by atoms with Crippen LogP contribution in [0.25, 0.3) is 0 Å². The first-order valence-electron chi connectivity index (χ1n) is 11.2. The number of likely N-dealkylation sites (tertiary alicyclic amines) is 1. The number of amidine groups is 1. The molecule has 174 valence electrons. The summed E-state index contributed by atoms with van der Waals surface area (Å²) >= 11 is 0. The van der Waals surface area contributed by atoms with E-state index in [1.54, 1.807) is 25.5 Å². The first kappa shape index (κ1) is 21.7. The van der Waals surface area contributed by atoms with Crippen molar-refractivity contribution in [1.82, 2.24) is 19.8 Å². The number of nitrogens with zero attached hydrogens (tertiary/aromatic N) is 8. The van der Waals surface area contributed by atoms with E-state index in [2.05, 4.69) is 25.1 Å². The quantitative estimate of drug-likeness (QED) is 0.659. The topological polar surface area (TPSA) is 160 Å². The van der Waals surface area contributed by atoms with Gasteiger partial charge in [0, 0.05) is 50.1 Å². The molecule has 1 unspecified atom stereocenters. The summed E-state index contributed by atoms with van der Waals surface area (Å²) in [5.74, 6) is -0.0778. The van der Waals surface area contributed by atoms with Gasteiger partial charge in [-0.25, -0.2) is 20.0 Å². The monoisotopic (exact) mass is 452 g/mol. The third-order valence-electron chi connectivity index (χ3n) is 6.55. The number of morpholine rings is 1. The van der Waals surface area contributed by atoms with Gasteiger partial charge in [-0.2, -0.15) is 5.11 Å². The summed E-state index contributed by atoms with van der Waals surface area (Å²) in [6.07, 6.45) is 6.49. The summed E-state index contributed by atoms with van der Waals surface area (Å²) < 4.78 is 5.62. The summed E-state index contributed by atoms with van der Waals surface area (Å²) in [5.41, 5.74) is 13.7. The Morgan fingerprint density at radius 3 is 2.52 bits per heavy atom. The molecule has 12 heteroatoms. The van der Waals surface area contributed by atoms with E-state index in [0.717, 1.165) is 24.0 Å². The van der Waals surface area contributed by atoms with Crippen LogP contribution >= 0.6 is 0 Å². The Balaban J connectivity index is 1.55. The number of fused-ring (bicyclic) bond motifs is 1. The highest BCUT2D eigenvalue weighted by Gasteiger charge is 2.49. The van der Waals surface area contributed by atoms with E-state index in [9.17, 15) is 4.79 Å². The number of anilines is 1. The molecule has 1 amide bonds. The highest BCUT2D eigenvalue weighted by atomic mass is 16.5. The van der Waals surface area contributed by atoms with E-state index in [1.807, 2.05) is 4.90 Å². The zero-order valence-corrected chi connectivity index (χ0v) is 18.6. The van der Waals surface area contributed by atoms with Crippen molar-refractivity contribution in [2.24, 2.45) is 31.9 Å². The number of ether oxygens (including phenoxy) is 1. The lowest BCUT2D eigenvalue weighted by atomic mass is 9.86. The molecular formula is C21H28N10O2. The molecule has 0 spiro atoms. The molecule has 0 radical (unpaired) electrons. The van der Waals surface area contributed by atoms with Crippen LogP contribution in [-0.2, 0) is 9.53 Å². The Hall–Kier alpha value is -3.09. The molecule has 0 bridgehead atoms. The average molecular weight is 453 g/mol. The molecule has 1 aromatic heterocycles. The van der Waals surface area contributed by atoms with Crippen molar-refractivity contribution in [3.05, 3.63) is 29.7 Å². The molecule has 2 fully saturated rings. The van der Waals surface area contributed by atoms with Gasteiger partial charge in [-0.15, -0.1) is 5.11 Å². The van der Waals surface area contributed by atoms with Crippen molar-refractivity contribution in [3.8, 4) is 0 Å². The molecular weight excluding hydrogens is 424 g/mol. The van der Waals surface area contributed by atoms with Crippen molar-refractivity contribution in [2.75, 3.05) is 45.1 Å². The lowest BCUT2D eigenvalue weighted by Gasteiger charge is -2.48. The Labute approximate surface area is 191 Å². The molecule has 4 aliphatic rings. The van der Waals surface area contributed by atoms with Crippen LogP contribution in [-0.4, -0.2) is 88.4 Å². The van der Waals surface area contributed by atoms with Crippen LogP contribution in [0.3, 0.4) is 0 Å². The Kier molecular flexibility index (Phi) is 5.72. The van der Waals surface area contributed by atoms with Gasteiger partial charge in [0.25, 0.3) is 0 Å². The Bertz CT molecular complexity index is 1030. The standard InChI is InChI=1S/C21H28N10O2/c1-13(22)19(32)30-4-2-15(3-5-30)21(31-6-8-33-9-7-31)27-17(14-10-24-20(23)25-11-14)16-12-26-29-18(16)28-21/h10-13,15H,2-9,22H2,1H3,(H2,23,24,25)/t13-,21?/m1/s1. The predicted molar refractivity (Wildman–Crippen MR) is 121 cm³/mol. The molecule has 4 aliphatic heterocycles. The van der Waals surface area contributed by atoms with Crippen LogP contribution < -0.4 is 11.5 Å². The van der Waals surface area contributed by atoms with Gasteiger partial charge < -0.3 is 21.1 Å². The number of amides is 1. The first-order chi connectivity index (χ1) is 16.0. The van der Waals surface area contributed by atoms with E-state index in [-0.39, 0.29) is 17.8 Å². The van der Waals surface area contributed by atoms with Crippen LogP contribution in [0, 0.1) is 5.92 Å². The number of rotatable bonds is 4. The minimum Gasteiger partial charge on any atom is -0.379 e. The smallest absolute Gasteiger partial charge is 0.239 e. The Morgan fingerprint density at radius 1 is 1.15 bits per heavy atom. The highest BCUT2D eigenvalue weighted by Crippen LogP contribution is 2.41. The number of hydrogen-bond donors (Lipinski definition) is 2. The maximum Gasteiger partial charge on any atom is 0.239 e. The molecule has 0 aliphatic carbocycles. The number of aliphatic imine (C=N–C) groups is 2. The van der Waals surface area contributed by atoms with E-state index in [0.29, 0.717) is 50.9 Å². The number of piperidine rings is 1. The van der Waals surface area contributed by atoms with Crippen LogP contribution in [0.4, 0.5) is 5.95 Å². The van der Waals surface area contributed by atoms with Gasteiger partial charge in [-0.3, -0.25) is 9.69 Å². The van der Waals surface area contributed by atoms with E-state index >= 15 is 0 Å². The maximum absolute atomic E-state index is 12.4. The minimum absolute atomic E-state index is 0.0261. The average Bonchev–Trinajstić information content (AvgIpc) is 3.32. The lowest BCUT2D eigenvalue weighted by Crippen LogP contribution is -2.59. The number of carbonyl (C=O) groups excluding carboxylic acids is 1. The first-order valence-corrected chi connectivity index (χ1v) is 11.2. The molecule has 33 heavy (non-hydrogen) atoms.